The topological polar surface area (TPSA) is 63.2 Å². The van der Waals surface area contributed by atoms with E-state index >= 15 is 0 Å². The fourth-order valence-electron chi connectivity index (χ4n) is 4.91. The van der Waals surface area contributed by atoms with E-state index in [4.69, 9.17) is 0 Å². The third-order valence-corrected chi connectivity index (χ3v) is 8.23. The molecule has 5 heteroatoms. The van der Waals surface area contributed by atoms with E-state index in [9.17, 15) is 13.2 Å². The van der Waals surface area contributed by atoms with Crippen LogP contribution in [0.15, 0.2) is 83.8 Å². The Morgan fingerprint density at radius 1 is 0.875 bits per heavy atom. The highest BCUT2D eigenvalue weighted by Crippen LogP contribution is 2.45. The quantitative estimate of drug-likeness (QED) is 0.524. The van der Waals surface area contributed by atoms with Crippen LogP contribution in [0.1, 0.15) is 49.7 Å². The van der Waals surface area contributed by atoms with Crippen molar-refractivity contribution in [2.24, 2.45) is 0 Å². The number of Topliss-reactive ketones (excluding diaryl/α,β-unsaturated/α-hetero) is 1. The van der Waals surface area contributed by atoms with Gasteiger partial charge in [0.25, 0.3) is 0 Å². The van der Waals surface area contributed by atoms with Gasteiger partial charge in [-0.25, -0.2) is 13.1 Å². The van der Waals surface area contributed by atoms with Gasteiger partial charge in [-0.05, 0) is 54.3 Å². The number of hydrogen-bond donors (Lipinski definition) is 1. The Bertz CT molecular complexity index is 1200. The van der Waals surface area contributed by atoms with Gasteiger partial charge in [0.15, 0.2) is 5.78 Å². The highest BCUT2D eigenvalue weighted by atomic mass is 32.2. The maximum atomic E-state index is 13.8. The molecule has 0 bridgehead atoms. The number of sulfonamides is 1. The monoisotopic (exact) mass is 447 g/mol. The lowest BCUT2D eigenvalue weighted by Gasteiger charge is -2.31. The number of hydrogen-bond acceptors (Lipinski definition) is 3. The maximum Gasteiger partial charge on any atom is 0.240 e. The molecule has 0 spiro atoms. The second-order valence-electron chi connectivity index (χ2n) is 8.60. The van der Waals surface area contributed by atoms with Crippen molar-refractivity contribution in [2.45, 2.75) is 48.8 Å². The molecule has 3 aromatic carbocycles. The van der Waals surface area contributed by atoms with E-state index in [2.05, 4.69) is 22.9 Å². The summed E-state index contributed by atoms with van der Waals surface area (Å²) < 4.78 is 26.3. The van der Waals surface area contributed by atoms with E-state index < -0.39 is 15.4 Å². The van der Waals surface area contributed by atoms with Crippen LogP contribution in [0.4, 0.5) is 0 Å². The van der Waals surface area contributed by atoms with Gasteiger partial charge in [-0.1, -0.05) is 86.5 Å². The molecule has 0 unspecified atom stereocenters. The lowest BCUT2D eigenvalue weighted by Crippen LogP contribution is -2.36. The molecule has 1 aliphatic carbocycles. The fourth-order valence-corrected chi connectivity index (χ4v) is 5.64. The summed E-state index contributed by atoms with van der Waals surface area (Å²) in [4.78, 5) is 14.1. The van der Waals surface area contributed by atoms with E-state index in [1.54, 1.807) is 24.3 Å². The first-order chi connectivity index (χ1) is 15.4. The Labute approximate surface area is 190 Å². The summed E-state index contributed by atoms with van der Waals surface area (Å²) in [6, 6.07) is 25.1. The first kappa shape index (κ1) is 22.4. The lowest BCUT2D eigenvalue weighted by molar-refractivity contribution is -0.125. The lowest BCUT2D eigenvalue weighted by atomic mass is 9.70. The molecule has 1 fully saturated rings. The second-order valence-corrected chi connectivity index (χ2v) is 10.5. The summed E-state index contributed by atoms with van der Waals surface area (Å²) in [5.74, 6) is 0.0611. The molecule has 3 aromatic rings. The van der Waals surface area contributed by atoms with Crippen LogP contribution in [-0.2, 0) is 20.2 Å². The molecule has 0 heterocycles. The largest absolute Gasteiger partial charge is 0.298 e. The van der Waals surface area contributed by atoms with Crippen molar-refractivity contribution in [1.29, 1.82) is 0 Å². The molecule has 1 N–H and O–H groups in total. The minimum Gasteiger partial charge on any atom is -0.298 e. The molecule has 0 amide bonds. The number of carbonyl (C=O) groups excluding carboxylic acids is 1. The van der Waals surface area contributed by atoms with Crippen LogP contribution in [0.2, 0.25) is 0 Å². The van der Waals surface area contributed by atoms with E-state index in [0.29, 0.717) is 0 Å². The Balaban J connectivity index is 1.64. The molecule has 4 nitrogen and oxygen atoms in total. The summed E-state index contributed by atoms with van der Waals surface area (Å²) in [6.45, 7) is 2.01. The number of nitrogens with one attached hydrogen (secondary N) is 1. The third-order valence-electron chi connectivity index (χ3n) is 6.80. The molecule has 1 aliphatic rings. The average Bonchev–Trinajstić information content (AvgIpc) is 3.35. The molecule has 1 atom stereocenters. The van der Waals surface area contributed by atoms with Crippen molar-refractivity contribution in [3.63, 3.8) is 0 Å². The standard InChI is InChI=1S/C27H29NO3S/c1-20(26(29)27(17-6-7-18-27)24-11-4-3-5-12-24)22-9-8-10-23(19-22)21-13-15-25(16-14-21)32(30,31)28-2/h3-5,8-16,19-20,28H,6-7,17-18H2,1-2H3/t20-/m1/s1. The molecule has 166 valence electrons. The molecule has 0 radical (unpaired) electrons. The average molecular weight is 448 g/mol. The van der Waals surface area contributed by atoms with Crippen molar-refractivity contribution in [3.05, 3.63) is 90.0 Å². The van der Waals surface area contributed by atoms with Gasteiger partial charge in [-0.2, -0.15) is 0 Å². The summed E-state index contributed by atoms with van der Waals surface area (Å²) in [7, 11) is -2.07. The molecule has 0 saturated heterocycles. The van der Waals surface area contributed by atoms with Crippen molar-refractivity contribution >= 4 is 15.8 Å². The first-order valence-corrected chi connectivity index (χ1v) is 12.6. The number of carbonyl (C=O) groups is 1. The Morgan fingerprint density at radius 3 is 2.16 bits per heavy atom. The zero-order valence-corrected chi connectivity index (χ0v) is 19.4. The number of ketones is 1. The highest BCUT2D eigenvalue weighted by Gasteiger charge is 2.44. The van der Waals surface area contributed by atoms with Gasteiger partial charge < -0.3 is 0 Å². The van der Waals surface area contributed by atoms with Gasteiger partial charge in [-0.3, -0.25) is 4.79 Å². The van der Waals surface area contributed by atoms with Gasteiger partial charge in [-0.15, -0.1) is 0 Å². The zero-order chi connectivity index (χ0) is 22.8. The van der Waals surface area contributed by atoms with E-state index in [0.717, 1.165) is 47.9 Å². The molecule has 4 rings (SSSR count). The van der Waals surface area contributed by atoms with Crippen LogP contribution in [0.5, 0.6) is 0 Å². The van der Waals surface area contributed by atoms with Crippen LogP contribution in [-0.4, -0.2) is 21.2 Å². The van der Waals surface area contributed by atoms with Gasteiger partial charge in [0.1, 0.15) is 0 Å². The summed E-state index contributed by atoms with van der Waals surface area (Å²) in [5.41, 5.74) is 3.60. The highest BCUT2D eigenvalue weighted by molar-refractivity contribution is 7.89. The first-order valence-electron chi connectivity index (χ1n) is 11.1. The maximum absolute atomic E-state index is 13.8. The van der Waals surface area contributed by atoms with Crippen LogP contribution >= 0.6 is 0 Å². The smallest absolute Gasteiger partial charge is 0.240 e. The Morgan fingerprint density at radius 2 is 1.53 bits per heavy atom. The van der Waals surface area contributed by atoms with Crippen molar-refractivity contribution < 1.29 is 13.2 Å². The minimum absolute atomic E-state index is 0.225. The van der Waals surface area contributed by atoms with E-state index in [1.165, 1.54) is 7.05 Å². The normalized spacial score (nSPS) is 16.6. The van der Waals surface area contributed by atoms with Gasteiger partial charge in [0.2, 0.25) is 10.0 Å². The van der Waals surface area contributed by atoms with Gasteiger partial charge >= 0.3 is 0 Å². The molecule has 1 saturated carbocycles. The minimum atomic E-state index is -3.47. The van der Waals surface area contributed by atoms with Crippen LogP contribution in [0.25, 0.3) is 11.1 Å². The Hall–Kier alpha value is -2.76. The second kappa shape index (κ2) is 9.00. The van der Waals surface area contributed by atoms with Crippen molar-refractivity contribution in [2.75, 3.05) is 7.05 Å². The predicted octanol–water partition coefficient (Wildman–Crippen LogP) is 5.45. The van der Waals surface area contributed by atoms with Crippen LogP contribution in [0, 0.1) is 0 Å². The fraction of sp³-hybridized carbons (Fsp3) is 0.296. The van der Waals surface area contributed by atoms with Gasteiger partial charge in [0.05, 0.1) is 10.3 Å². The molecular weight excluding hydrogens is 418 g/mol. The summed E-state index contributed by atoms with van der Waals surface area (Å²) >= 11 is 0. The molecule has 32 heavy (non-hydrogen) atoms. The van der Waals surface area contributed by atoms with E-state index in [-0.39, 0.29) is 16.6 Å². The van der Waals surface area contributed by atoms with Crippen molar-refractivity contribution in [3.8, 4) is 11.1 Å². The molecular formula is C27H29NO3S. The zero-order valence-electron chi connectivity index (χ0n) is 18.5. The van der Waals surface area contributed by atoms with Crippen molar-refractivity contribution in [1.82, 2.24) is 4.72 Å². The number of benzene rings is 3. The van der Waals surface area contributed by atoms with Gasteiger partial charge in [0, 0.05) is 5.92 Å². The molecule has 0 aromatic heterocycles. The molecule has 0 aliphatic heterocycles. The number of rotatable bonds is 7. The van der Waals surface area contributed by atoms with E-state index in [1.807, 2.05) is 43.3 Å². The Kier molecular flexibility index (Phi) is 6.31. The predicted molar refractivity (Wildman–Crippen MR) is 128 cm³/mol. The van der Waals surface area contributed by atoms with Crippen LogP contribution in [0.3, 0.4) is 0 Å². The third kappa shape index (κ3) is 4.15. The van der Waals surface area contributed by atoms with Crippen LogP contribution < -0.4 is 4.72 Å². The SMILES string of the molecule is CNS(=O)(=O)c1ccc(-c2cccc([C@@H](C)C(=O)C3(c4ccccc4)CCCC3)c2)cc1. The summed E-state index contributed by atoms with van der Waals surface area (Å²) in [6.07, 6.45) is 3.97. The summed E-state index contributed by atoms with van der Waals surface area (Å²) in [5, 5.41) is 0.